The van der Waals surface area contributed by atoms with Gasteiger partial charge in [0.1, 0.15) is 0 Å². The Bertz CT molecular complexity index is 1050. The molecule has 0 aromatic heterocycles. The van der Waals surface area contributed by atoms with Crippen molar-refractivity contribution in [2.45, 2.75) is 13.3 Å². The summed E-state index contributed by atoms with van der Waals surface area (Å²) in [6.07, 6.45) is 1.92. The Morgan fingerprint density at radius 1 is 1.21 bits per heavy atom. The maximum atomic E-state index is 12.6. The van der Waals surface area contributed by atoms with Gasteiger partial charge in [-0.1, -0.05) is 24.3 Å². The number of nitrogens with zero attached hydrogens (tertiary/aromatic N) is 3. The van der Waals surface area contributed by atoms with Gasteiger partial charge in [-0.25, -0.2) is 5.43 Å². The number of anilines is 1. The first-order valence-electron chi connectivity index (χ1n) is 8.80. The van der Waals surface area contributed by atoms with Gasteiger partial charge < -0.3 is 11.1 Å². The lowest BCUT2D eigenvalue weighted by Crippen LogP contribution is -2.27. The number of nitro groups is 1. The molecule has 0 saturated heterocycles. The van der Waals surface area contributed by atoms with Gasteiger partial charge >= 0.3 is 0 Å². The third kappa shape index (κ3) is 4.46. The van der Waals surface area contributed by atoms with Crippen LogP contribution in [0, 0.1) is 10.1 Å². The molecule has 1 aliphatic rings. The van der Waals surface area contributed by atoms with Crippen molar-refractivity contribution in [3.05, 3.63) is 74.8 Å². The topological polar surface area (TPSA) is 135 Å². The number of carbonyl (C=O) groups excluding carboxylic acids is 1. The van der Waals surface area contributed by atoms with Crippen LogP contribution in [0.1, 0.15) is 23.6 Å². The molecule has 2 aromatic rings. The predicted molar refractivity (Wildman–Crippen MR) is 113 cm³/mol. The second kappa shape index (κ2) is 8.34. The summed E-state index contributed by atoms with van der Waals surface area (Å²) in [5.41, 5.74) is 12.1. The molecule has 9 nitrogen and oxygen atoms in total. The second-order valence-corrected chi connectivity index (χ2v) is 6.40. The van der Waals surface area contributed by atoms with Crippen molar-refractivity contribution in [2.75, 3.05) is 12.4 Å². The number of hydrazone groups is 1. The fraction of sp³-hybridized carbons (Fsp3) is 0.150. The van der Waals surface area contributed by atoms with Gasteiger partial charge in [0.25, 0.3) is 11.6 Å². The first kappa shape index (κ1) is 19.7. The normalized spacial score (nSPS) is 13.5. The molecule has 0 bridgehead atoms. The van der Waals surface area contributed by atoms with Crippen LogP contribution < -0.4 is 16.5 Å². The fourth-order valence-electron chi connectivity index (χ4n) is 2.93. The predicted octanol–water partition coefficient (Wildman–Crippen LogP) is 2.43. The number of hydrogen-bond donors (Lipinski definition) is 3. The summed E-state index contributed by atoms with van der Waals surface area (Å²) in [5, 5.41) is 18.1. The maximum Gasteiger partial charge on any atom is 0.273 e. The van der Waals surface area contributed by atoms with E-state index >= 15 is 0 Å². The van der Waals surface area contributed by atoms with Crippen molar-refractivity contribution in [1.29, 1.82) is 0 Å². The molecule has 3 rings (SSSR count). The van der Waals surface area contributed by atoms with Crippen LogP contribution in [-0.2, 0) is 11.2 Å². The van der Waals surface area contributed by atoms with Crippen LogP contribution in [0.3, 0.4) is 0 Å². The molecule has 0 aliphatic heterocycles. The summed E-state index contributed by atoms with van der Waals surface area (Å²) >= 11 is 0. The Morgan fingerprint density at radius 2 is 1.93 bits per heavy atom. The van der Waals surface area contributed by atoms with Gasteiger partial charge in [-0.3, -0.25) is 19.9 Å². The number of nitrogens with one attached hydrogen (secondary N) is 2. The molecule has 4 N–H and O–H groups in total. The van der Waals surface area contributed by atoms with Crippen LogP contribution in [0.25, 0.3) is 6.08 Å². The van der Waals surface area contributed by atoms with Gasteiger partial charge in [0.2, 0.25) is 5.96 Å². The molecule has 1 aliphatic carbocycles. The molecule has 0 fully saturated rings. The summed E-state index contributed by atoms with van der Waals surface area (Å²) in [4.78, 5) is 27.1. The largest absolute Gasteiger partial charge is 0.369 e. The summed E-state index contributed by atoms with van der Waals surface area (Å²) in [6, 6.07) is 12.0. The van der Waals surface area contributed by atoms with Gasteiger partial charge in [0.05, 0.1) is 10.6 Å². The number of nitrogens with two attached hydrogens (primary N) is 1. The Labute approximate surface area is 167 Å². The number of benzene rings is 2. The lowest BCUT2D eigenvalue weighted by molar-refractivity contribution is -0.385. The van der Waals surface area contributed by atoms with Crippen molar-refractivity contribution in [1.82, 2.24) is 5.43 Å². The maximum absolute atomic E-state index is 12.6. The second-order valence-electron chi connectivity index (χ2n) is 6.40. The number of nitro benzene ring substituents is 1. The van der Waals surface area contributed by atoms with E-state index in [1.165, 1.54) is 6.07 Å². The quantitative estimate of drug-likeness (QED) is 0.311. The number of fused-ring (bicyclic) bond motifs is 1. The molecule has 0 saturated carbocycles. The highest BCUT2D eigenvalue weighted by Crippen LogP contribution is 2.32. The highest BCUT2D eigenvalue weighted by molar-refractivity contribution is 6.09. The van der Waals surface area contributed by atoms with Crippen LogP contribution in [0.5, 0.6) is 0 Å². The standard InChI is InChI=1S/C20H20N6O3/c1-12(24-25-20(21)22-2)13-6-8-16(9-7-13)23-19(27)15-10-14-4-3-5-18(26(28)29)17(14)11-15/h3-10H,11H2,1-2H3,(H,23,27)(H3,21,22,25)/b24-12+. The number of rotatable bonds is 5. The van der Waals surface area contributed by atoms with E-state index in [4.69, 9.17) is 5.73 Å². The van der Waals surface area contributed by atoms with Crippen LogP contribution in [0.15, 0.2) is 58.1 Å². The molecule has 0 unspecified atom stereocenters. The molecule has 9 heteroatoms. The number of carbonyl (C=O) groups is 1. The van der Waals surface area contributed by atoms with Gasteiger partial charge in [0.15, 0.2) is 0 Å². The van der Waals surface area contributed by atoms with Crippen molar-refractivity contribution >= 4 is 35.0 Å². The van der Waals surface area contributed by atoms with E-state index in [-0.39, 0.29) is 24.0 Å². The average Bonchev–Trinajstić information content (AvgIpc) is 3.16. The van der Waals surface area contributed by atoms with E-state index < -0.39 is 4.92 Å². The van der Waals surface area contributed by atoms with Gasteiger partial charge in [-0.2, -0.15) is 5.10 Å². The van der Waals surface area contributed by atoms with E-state index in [0.717, 1.165) is 5.56 Å². The van der Waals surface area contributed by atoms with E-state index in [1.54, 1.807) is 37.4 Å². The molecule has 2 aromatic carbocycles. The lowest BCUT2D eigenvalue weighted by atomic mass is 10.1. The first-order chi connectivity index (χ1) is 13.9. The minimum absolute atomic E-state index is 0.0306. The number of hydrogen-bond acceptors (Lipinski definition) is 5. The summed E-state index contributed by atoms with van der Waals surface area (Å²) in [5.74, 6) is -0.0819. The van der Waals surface area contributed by atoms with E-state index in [9.17, 15) is 14.9 Å². The number of amides is 1. The lowest BCUT2D eigenvalue weighted by Gasteiger charge is -2.08. The van der Waals surface area contributed by atoms with Crippen molar-refractivity contribution in [2.24, 2.45) is 15.8 Å². The SMILES string of the molecule is CN=C(N)N/N=C(\C)c1ccc(NC(=O)C2=Cc3cccc([N+](=O)[O-])c3C2)cc1. The Morgan fingerprint density at radius 3 is 2.59 bits per heavy atom. The monoisotopic (exact) mass is 392 g/mol. The highest BCUT2D eigenvalue weighted by Gasteiger charge is 2.25. The summed E-state index contributed by atoms with van der Waals surface area (Å²) in [6.45, 7) is 1.82. The van der Waals surface area contributed by atoms with Gasteiger partial charge in [0, 0.05) is 36.4 Å². The Balaban J connectivity index is 1.68. The number of guanidine groups is 1. The molecular formula is C20H20N6O3. The van der Waals surface area contributed by atoms with Crippen LogP contribution >= 0.6 is 0 Å². The molecule has 0 atom stereocenters. The van der Waals surface area contributed by atoms with E-state index in [0.29, 0.717) is 28.1 Å². The molecule has 1 amide bonds. The molecule has 0 spiro atoms. The summed E-state index contributed by atoms with van der Waals surface area (Å²) in [7, 11) is 1.56. The van der Waals surface area contributed by atoms with E-state index in [1.807, 2.05) is 19.1 Å². The zero-order valence-electron chi connectivity index (χ0n) is 16.0. The minimum Gasteiger partial charge on any atom is -0.369 e. The Kier molecular flexibility index (Phi) is 5.68. The smallest absolute Gasteiger partial charge is 0.273 e. The molecule has 0 radical (unpaired) electrons. The molecule has 148 valence electrons. The van der Waals surface area contributed by atoms with Crippen molar-refractivity contribution in [3.63, 3.8) is 0 Å². The van der Waals surface area contributed by atoms with Gasteiger partial charge in [-0.15, -0.1) is 0 Å². The number of aliphatic imine (C=N–C) groups is 1. The first-order valence-corrected chi connectivity index (χ1v) is 8.80. The zero-order valence-corrected chi connectivity index (χ0v) is 16.0. The van der Waals surface area contributed by atoms with Gasteiger partial charge in [-0.05, 0) is 36.3 Å². The van der Waals surface area contributed by atoms with Crippen LogP contribution in [-0.4, -0.2) is 29.5 Å². The average molecular weight is 392 g/mol. The zero-order chi connectivity index (χ0) is 21.0. The third-order valence-corrected chi connectivity index (χ3v) is 4.51. The Hall–Kier alpha value is -4.01. The van der Waals surface area contributed by atoms with Crippen molar-refractivity contribution in [3.8, 4) is 0 Å². The third-order valence-electron chi connectivity index (χ3n) is 4.51. The summed E-state index contributed by atoms with van der Waals surface area (Å²) < 4.78 is 0. The van der Waals surface area contributed by atoms with Crippen molar-refractivity contribution < 1.29 is 9.72 Å². The molecule has 29 heavy (non-hydrogen) atoms. The molecule has 0 heterocycles. The van der Waals surface area contributed by atoms with E-state index in [2.05, 4.69) is 20.8 Å². The molecular weight excluding hydrogens is 372 g/mol. The fourth-order valence-corrected chi connectivity index (χ4v) is 2.93. The minimum atomic E-state index is -0.426. The van der Waals surface area contributed by atoms with Crippen LogP contribution in [0.2, 0.25) is 0 Å². The van der Waals surface area contributed by atoms with Crippen LogP contribution in [0.4, 0.5) is 11.4 Å². The highest BCUT2D eigenvalue weighted by atomic mass is 16.6.